The Hall–Kier alpha value is -1.78. The van der Waals surface area contributed by atoms with Gasteiger partial charge in [-0.2, -0.15) is 0 Å². The molecule has 3 aromatic rings. The van der Waals surface area contributed by atoms with Crippen molar-refractivity contribution in [3.8, 4) is 0 Å². The summed E-state index contributed by atoms with van der Waals surface area (Å²) in [4.78, 5) is 0. The molecule has 1 unspecified atom stereocenters. The molecule has 0 saturated carbocycles. The summed E-state index contributed by atoms with van der Waals surface area (Å²) in [5, 5.41) is 9.84. The van der Waals surface area contributed by atoms with Gasteiger partial charge in [0, 0.05) is 5.04 Å². The highest BCUT2D eigenvalue weighted by molar-refractivity contribution is 6.96. The van der Waals surface area contributed by atoms with Gasteiger partial charge in [0.1, 0.15) is 8.80 Å². The molecule has 3 aromatic carbocycles. The number of aryl methyl sites for hydroxylation is 2. The molecule has 1 aliphatic rings. The van der Waals surface area contributed by atoms with Crippen molar-refractivity contribution in [1.82, 2.24) is 0 Å². The monoisotopic (exact) mass is 696 g/mol. The van der Waals surface area contributed by atoms with Gasteiger partial charge in [0.25, 0.3) is 0 Å². The number of benzene rings is 3. The normalized spacial score (nSPS) is 18.3. The molecule has 46 heavy (non-hydrogen) atoms. The summed E-state index contributed by atoms with van der Waals surface area (Å²) in [5.74, 6) is 0. The van der Waals surface area contributed by atoms with Gasteiger partial charge in [-0.25, -0.2) is 0 Å². The van der Waals surface area contributed by atoms with Crippen molar-refractivity contribution in [1.29, 1.82) is 0 Å². The Balaban J connectivity index is 2.25. The summed E-state index contributed by atoms with van der Waals surface area (Å²) in [6, 6.07) is 23.4. The Morgan fingerprint density at radius 3 is 1.07 bits per heavy atom. The van der Waals surface area contributed by atoms with E-state index in [2.05, 4.69) is 175 Å². The molecule has 4 rings (SSSR count). The highest BCUT2D eigenvalue weighted by Crippen LogP contribution is 2.58. The molecule has 1 aliphatic carbocycles. The Bertz CT molecular complexity index is 1570. The first-order valence-corrected chi connectivity index (χ1v) is 33.3. The average molecular weight is 697 g/mol. The Labute approximate surface area is 289 Å². The molecule has 5 heteroatoms. The average Bonchev–Trinajstić information content (AvgIpc) is 3.05. The van der Waals surface area contributed by atoms with Crippen LogP contribution in [-0.2, 0) is 0 Å². The fourth-order valence-electron chi connectivity index (χ4n) is 7.66. The molecule has 248 valence electrons. The van der Waals surface area contributed by atoms with E-state index in [4.69, 9.17) is 0 Å². The molecule has 0 heterocycles. The molecule has 0 aliphatic heterocycles. The van der Waals surface area contributed by atoms with E-state index < -0.39 is 41.1 Å². The summed E-state index contributed by atoms with van der Waals surface area (Å²) in [6.07, 6.45) is 0. The van der Waals surface area contributed by atoms with Gasteiger partial charge in [-0.1, -0.05) is 188 Å². The molecule has 0 amide bonds. The Morgan fingerprint density at radius 2 is 0.761 bits per heavy atom. The number of allylic oxidation sites excluding steroid dienone is 4. The molecule has 0 spiro atoms. The van der Waals surface area contributed by atoms with E-state index in [1.165, 1.54) is 27.8 Å². The standard InChI is InChI=1S/C41H64Si5/c1-28-19-29(2)21-33(20-28)40-31(4)30(3)32(5)41(40,6)42(34-22-36(43(7,8)9)26-37(23-34)44(10,11)12)35-24-38(45(13,14)15)27-39(25-35)46(16,17)18/h19-27,42H,1-18H3. The van der Waals surface area contributed by atoms with Crippen molar-refractivity contribution >= 4 is 77.8 Å². The molecule has 0 saturated heterocycles. The highest BCUT2D eigenvalue weighted by atomic mass is 28.3. The van der Waals surface area contributed by atoms with E-state index in [0.717, 1.165) is 0 Å². The van der Waals surface area contributed by atoms with Gasteiger partial charge in [0.05, 0.1) is 32.3 Å². The molecular formula is C41H64Si5. The maximum Gasteiger partial charge on any atom is 0.117 e. The van der Waals surface area contributed by atoms with E-state index in [9.17, 15) is 0 Å². The van der Waals surface area contributed by atoms with Crippen LogP contribution in [-0.4, -0.2) is 41.1 Å². The van der Waals surface area contributed by atoms with Crippen LogP contribution in [0.15, 0.2) is 71.3 Å². The predicted molar refractivity (Wildman–Crippen MR) is 226 cm³/mol. The third-order valence-corrected chi connectivity index (χ3v) is 22.9. The van der Waals surface area contributed by atoms with Crippen LogP contribution in [0.3, 0.4) is 0 Å². The maximum absolute atomic E-state index is 2.72. The third kappa shape index (κ3) is 7.14. The lowest BCUT2D eigenvalue weighted by Gasteiger charge is -2.41. The van der Waals surface area contributed by atoms with Gasteiger partial charge in [0.2, 0.25) is 0 Å². The van der Waals surface area contributed by atoms with Gasteiger partial charge < -0.3 is 0 Å². The van der Waals surface area contributed by atoms with E-state index in [1.807, 2.05) is 0 Å². The fourth-order valence-corrected chi connectivity index (χ4v) is 17.8. The molecule has 0 aromatic heterocycles. The fraction of sp³-hybridized carbons (Fsp3) is 0.463. The second kappa shape index (κ2) is 12.3. The molecule has 0 N–H and O–H groups in total. The largest absolute Gasteiger partial charge is 0.117 e. The van der Waals surface area contributed by atoms with Gasteiger partial charge in [-0.3, -0.25) is 0 Å². The van der Waals surface area contributed by atoms with E-state index in [-0.39, 0.29) is 5.04 Å². The first-order chi connectivity index (χ1) is 20.8. The molecule has 0 fully saturated rings. The minimum Gasteiger partial charge on any atom is -0.0656 e. The van der Waals surface area contributed by atoms with Crippen molar-refractivity contribution in [2.24, 2.45) is 0 Å². The van der Waals surface area contributed by atoms with Gasteiger partial charge in [-0.05, 0) is 56.9 Å². The first-order valence-electron chi connectivity index (χ1n) is 17.6. The zero-order valence-electron chi connectivity index (χ0n) is 32.8. The highest BCUT2D eigenvalue weighted by Gasteiger charge is 2.48. The molecular weight excluding hydrogens is 633 g/mol. The topological polar surface area (TPSA) is 0 Å². The van der Waals surface area contributed by atoms with Crippen LogP contribution in [0.1, 0.15) is 44.4 Å². The van der Waals surface area contributed by atoms with Crippen LogP contribution >= 0.6 is 0 Å². The number of rotatable bonds is 8. The van der Waals surface area contributed by atoms with Crippen molar-refractivity contribution in [3.05, 3.63) is 88.0 Å². The quantitative estimate of drug-likeness (QED) is 0.208. The Kier molecular flexibility index (Phi) is 9.89. The van der Waals surface area contributed by atoms with E-state index >= 15 is 0 Å². The van der Waals surface area contributed by atoms with Crippen LogP contribution in [0.4, 0.5) is 0 Å². The smallest absolute Gasteiger partial charge is 0.0656 e. The molecule has 0 radical (unpaired) electrons. The SMILES string of the molecule is CC1=C(C)C(C)([SiH](c2cc([Si](C)(C)C)cc([Si](C)(C)C)c2)c2cc([Si](C)(C)C)cc([Si](C)(C)C)c2)C(c2cc(C)cc(C)c2)=C1C. The second-order valence-corrected chi connectivity index (χ2v) is 42.6. The second-order valence-electron chi connectivity index (χ2n) is 18.9. The number of hydrogen-bond donors (Lipinski definition) is 0. The van der Waals surface area contributed by atoms with Gasteiger partial charge in [0.15, 0.2) is 0 Å². The summed E-state index contributed by atoms with van der Waals surface area (Å²) < 4.78 is 0. The first kappa shape index (κ1) is 37.0. The lowest BCUT2D eigenvalue weighted by atomic mass is 9.89. The minimum absolute atomic E-state index is 0.0437. The predicted octanol–water partition coefficient (Wildman–Crippen LogP) is 8.41. The van der Waals surface area contributed by atoms with Crippen LogP contribution in [0.2, 0.25) is 83.6 Å². The van der Waals surface area contributed by atoms with E-state index in [0.29, 0.717) is 0 Å². The zero-order valence-corrected chi connectivity index (χ0v) is 37.9. The summed E-state index contributed by atoms with van der Waals surface area (Å²) in [5.41, 5.74) is 10.4. The lowest BCUT2D eigenvalue weighted by Crippen LogP contribution is -2.59. The van der Waals surface area contributed by atoms with Gasteiger partial charge >= 0.3 is 0 Å². The van der Waals surface area contributed by atoms with Crippen LogP contribution in [0.5, 0.6) is 0 Å². The lowest BCUT2D eigenvalue weighted by molar-refractivity contribution is 0.901. The van der Waals surface area contributed by atoms with Crippen molar-refractivity contribution in [3.63, 3.8) is 0 Å². The number of hydrogen-bond acceptors (Lipinski definition) is 0. The van der Waals surface area contributed by atoms with Crippen LogP contribution in [0, 0.1) is 13.8 Å². The summed E-state index contributed by atoms with van der Waals surface area (Å²) >= 11 is 0. The minimum atomic E-state index is -1.94. The Morgan fingerprint density at radius 1 is 0.435 bits per heavy atom. The van der Waals surface area contributed by atoms with Crippen molar-refractivity contribution in [2.75, 3.05) is 0 Å². The van der Waals surface area contributed by atoms with E-state index in [1.54, 1.807) is 42.3 Å². The molecule has 0 bridgehead atoms. The summed E-state index contributed by atoms with van der Waals surface area (Å²) in [7, 11) is -8.23. The van der Waals surface area contributed by atoms with Crippen molar-refractivity contribution in [2.45, 2.75) is 125 Å². The third-order valence-electron chi connectivity index (χ3n) is 10.9. The maximum atomic E-state index is 2.72. The summed E-state index contributed by atoms with van der Waals surface area (Å²) in [6.45, 7) is 45.1. The van der Waals surface area contributed by atoms with Crippen LogP contribution in [0.25, 0.3) is 5.57 Å². The van der Waals surface area contributed by atoms with Crippen LogP contribution < -0.4 is 31.1 Å². The molecule has 0 nitrogen and oxygen atoms in total. The van der Waals surface area contributed by atoms with Gasteiger partial charge in [-0.15, -0.1) is 0 Å². The zero-order chi connectivity index (χ0) is 34.9. The molecule has 1 atom stereocenters. The van der Waals surface area contributed by atoms with Crippen molar-refractivity contribution < 1.29 is 0 Å².